The Balaban J connectivity index is 1.54. The monoisotopic (exact) mass is 506 g/mol. The number of fused-ring (bicyclic) bond motifs is 1. The molecule has 1 unspecified atom stereocenters. The van der Waals surface area contributed by atoms with Crippen LogP contribution in [0.2, 0.25) is 0 Å². The molecule has 0 saturated heterocycles. The molecule has 3 rings (SSSR count). The molecule has 0 saturated carbocycles. The molecule has 3 aromatic rings. The summed E-state index contributed by atoms with van der Waals surface area (Å²) in [5.74, 6) is 1.32. The van der Waals surface area contributed by atoms with Crippen molar-refractivity contribution in [3.05, 3.63) is 65.9 Å². The zero-order valence-corrected chi connectivity index (χ0v) is 21.0. The maximum atomic E-state index is 12.4. The lowest BCUT2D eigenvalue weighted by Crippen LogP contribution is -2.41. The fraction of sp³-hybridized carbons (Fsp3) is 0.348. The summed E-state index contributed by atoms with van der Waals surface area (Å²) in [7, 11) is 0.165. The second kappa shape index (κ2) is 11.7. The summed E-state index contributed by atoms with van der Waals surface area (Å²) in [6.45, 7) is 0.926. The molecule has 9 nitrogen and oxygen atoms in total. The molecular weight excluding hydrogens is 476 g/mol. The number of benzene rings is 2. The number of amides is 1. The van der Waals surface area contributed by atoms with Crippen molar-refractivity contribution in [2.24, 2.45) is 0 Å². The highest BCUT2D eigenvalue weighted by Crippen LogP contribution is 2.25. The summed E-state index contributed by atoms with van der Waals surface area (Å²) in [5.41, 5.74) is 6.58. The number of carbonyl (C=O) groups excluding carboxylic acids is 1. The SMILES string of the molecule is CN(C)Cc1cc2ccc(C(O)NNC(=O)CSCCOc3ccccc3)cc2n1S(C)(=O)=O. The maximum absolute atomic E-state index is 12.4. The average Bonchev–Trinajstić information content (AvgIpc) is 3.14. The Bertz CT molecular complexity index is 1210. The van der Waals surface area contributed by atoms with Crippen molar-refractivity contribution >= 4 is 38.6 Å². The summed E-state index contributed by atoms with van der Waals surface area (Å²) < 4.78 is 31.7. The van der Waals surface area contributed by atoms with Crippen molar-refractivity contribution < 1.29 is 23.1 Å². The summed E-state index contributed by atoms with van der Waals surface area (Å²) >= 11 is 1.41. The van der Waals surface area contributed by atoms with Gasteiger partial charge in [-0.1, -0.05) is 30.3 Å². The van der Waals surface area contributed by atoms with Gasteiger partial charge in [-0.25, -0.2) is 17.8 Å². The molecule has 0 spiro atoms. The highest BCUT2D eigenvalue weighted by atomic mass is 32.2. The van der Waals surface area contributed by atoms with Crippen LogP contribution in [0.3, 0.4) is 0 Å². The van der Waals surface area contributed by atoms with Gasteiger partial charge in [0.15, 0.2) is 0 Å². The molecule has 0 fully saturated rings. The average molecular weight is 507 g/mol. The molecule has 0 aliphatic heterocycles. The van der Waals surface area contributed by atoms with Crippen molar-refractivity contribution in [2.45, 2.75) is 12.8 Å². The van der Waals surface area contributed by atoms with E-state index < -0.39 is 16.3 Å². The van der Waals surface area contributed by atoms with Crippen LogP contribution < -0.4 is 15.6 Å². The van der Waals surface area contributed by atoms with Gasteiger partial charge in [0.05, 0.1) is 24.1 Å². The Hall–Kier alpha value is -2.57. The second-order valence-corrected chi connectivity index (χ2v) is 11.0. The number of hydrogen-bond donors (Lipinski definition) is 3. The van der Waals surface area contributed by atoms with Crippen LogP contribution in [0.4, 0.5) is 0 Å². The topological polar surface area (TPSA) is 113 Å². The number of aliphatic hydroxyl groups is 1. The van der Waals surface area contributed by atoms with E-state index in [9.17, 15) is 18.3 Å². The van der Waals surface area contributed by atoms with E-state index in [0.717, 1.165) is 17.4 Å². The van der Waals surface area contributed by atoms with E-state index >= 15 is 0 Å². The van der Waals surface area contributed by atoms with Crippen molar-refractivity contribution in [3.8, 4) is 5.75 Å². The molecule has 1 amide bonds. The molecule has 3 N–H and O–H groups in total. The van der Waals surface area contributed by atoms with Gasteiger partial charge in [0, 0.05) is 23.4 Å². The van der Waals surface area contributed by atoms with Crippen LogP contribution in [0, 0.1) is 0 Å². The minimum absolute atomic E-state index is 0.196. The first kappa shape index (κ1) is 26.0. The molecule has 184 valence electrons. The van der Waals surface area contributed by atoms with Gasteiger partial charge >= 0.3 is 0 Å². The van der Waals surface area contributed by atoms with Crippen LogP contribution >= 0.6 is 11.8 Å². The minimum atomic E-state index is -3.56. The van der Waals surface area contributed by atoms with Gasteiger partial charge in [0.1, 0.15) is 12.0 Å². The van der Waals surface area contributed by atoms with Crippen LogP contribution in [-0.2, 0) is 21.4 Å². The summed E-state index contributed by atoms with van der Waals surface area (Å²) in [6, 6.07) is 16.3. The van der Waals surface area contributed by atoms with Gasteiger partial charge in [-0.3, -0.25) is 10.2 Å². The first-order valence-corrected chi connectivity index (χ1v) is 13.6. The number of ether oxygens (including phenoxy) is 1. The Kier molecular flexibility index (Phi) is 8.97. The van der Waals surface area contributed by atoms with Crippen LogP contribution in [0.15, 0.2) is 54.6 Å². The third-order valence-electron chi connectivity index (χ3n) is 4.80. The van der Waals surface area contributed by atoms with E-state index in [1.807, 2.05) is 55.4 Å². The first-order valence-electron chi connectivity index (χ1n) is 10.6. The lowest BCUT2D eigenvalue weighted by Gasteiger charge is -2.15. The molecule has 11 heteroatoms. The highest BCUT2D eigenvalue weighted by molar-refractivity contribution is 7.99. The predicted molar refractivity (Wildman–Crippen MR) is 135 cm³/mol. The summed E-state index contributed by atoms with van der Waals surface area (Å²) in [6.07, 6.45) is -0.0598. The molecule has 0 radical (unpaired) electrons. The van der Waals surface area contributed by atoms with Gasteiger partial charge in [0.25, 0.3) is 0 Å². The van der Waals surface area contributed by atoms with Crippen LogP contribution in [-0.4, -0.2) is 66.8 Å². The Labute approximate surface area is 204 Å². The lowest BCUT2D eigenvalue weighted by atomic mass is 10.1. The molecule has 2 aromatic carbocycles. The van der Waals surface area contributed by atoms with E-state index in [1.54, 1.807) is 18.2 Å². The zero-order valence-electron chi connectivity index (χ0n) is 19.4. The van der Waals surface area contributed by atoms with Crippen LogP contribution in [0.25, 0.3) is 10.9 Å². The predicted octanol–water partition coefficient (Wildman–Crippen LogP) is 1.93. The number of para-hydroxylation sites is 1. The van der Waals surface area contributed by atoms with Gasteiger partial charge in [-0.05, 0) is 43.9 Å². The van der Waals surface area contributed by atoms with Gasteiger partial charge in [-0.15, -0.1) is 11.8 Å². The van der Waals surface area contributed by atoms with Gasteiger partial charge < -0.3 is 14.7 Å². The molecule has 1 heterocycles. The van der Waals surface area contributed by atoms with Crippen molar-refractivity contribution in [3.63, 3.8) is 0 Å². The number of nitrogens with zero attached hydrogens (tertiary/aromatic N) is 2. The smallest absolute Gasteiger partial charge is 0.244 e. The fourth-order valence-corrected chi connectivity index (χ4v) is 5.07. The minimum Gasteiger partial charge on any atom is -0.493 e. The van der Waals surface area contributed by atoms with Crippen LogP contribution in [0.1, 0.15) is 17.5 Å². The third-order valence-corrected chi connectivity index (χ3v) is 6.82. The second-order valence-electron chi connectivity index (χ2n) is 8.03. The molecule has 1 atom stereocenters. The lowest BCUT2D eigenvalue weighted by molar-refractivity contribution is -0.120. The van der Waals surface area contributed by atoms with Crippen molar-refractivity contribution in [1.29, 1.82) is 0 Å². The van der Waals surface area contributed by atoms with E-state index in [1.165, 1.54) is 15.7 Å². The zero-order chi connectivity index (χ0) is 24.7. The normalized spacial score (nSPS) is 12.7. The third kappa shape index (κ3) is 7.21. The molecular formula is C23H30N4O5S2. The summed E-state index contributed by atoms with van der Waals surface area (Å²) in [4.78, 5) is 14.0. The number of carbonyl (C=O) groups is 1. The van der Waals surface area contributed by atoms with Gasteiger partial charge in [-0.2, -0.15) is 0 Å². The van der Waals surface area contributed by atoms with Crippen LogP contribution in [0.5, 0.6) is 5.75 Å². The van der Waals surface area contributed by atoms with E-state index in [-0.39, 0.29) is 11.7 Å². The van der Waals surface area contributed by atoms with E-state index in [0.29, 0.717) is 35.7 Å². The number of nitrogens with one attached hydrogen (secondary N) is 2. The standard InChI is InChI=1S/C23H30N4O5S2/c1-26(2)15-19-13-17-9-10-18(14-21(17)27(19)34(3,30)31)23(29)25-24-22(28)16-33-12-11-32-20-7-5-4-6-8-20/h4-10,13-14,23,25,29H,11-12,15-16H2,1-3H3,(H,24,28). The molecule has 0 aliphatic rings. The highest BCUT2D eigenvalue weighted by Gasteiger charge is 2.19. The number of hydrogen-bond acceptors (Lipinski definition) is 8. The van der Waals surface area contributed by atoms with E-state index in [2.05, 4.69) is 10.9 Å². The number of hydrazine groups is 1. The van der Waals surface area contributed by atoms with Crippen molar-refractivity contribution in [1.82, 2.24) is 19.7 Å². The molecule has 1 aromatic heterocycles. The maximum Gasteiger partial charge on any atom is 0.244 e. The Morgan fingerprint density at radius 2 is 1.91 bits per heavy atom. The van der Waals surface area contributed by atoms with E-state index in [4.69, 9.17) is 4.74 Å². The molecule has 0 aliphatic carbocycles. The largest absolute Gasteiger partial charge is 0.493 e. The number of thioether (sulfide) groups is 1. The fourth-order valence-electron chi connectivity index (χ4n) is 3.42. The summed E-state index contributed by atoms with van der Waals surface area (Å²) in [5, 5.41) is 11.2. The van der Waals surface area contributed by atoms with Gasteiger partial charge in [0.2, 0.25) is 15.9 Å². The number of aromatic nitrogens is 1. The first-order chi connectivity index (χ1) is 16.1. The molecule has 34 heavy (non-hydrogen) atoms. The Morgan fingerprint density at radius 1 is 1.18 bits per heavy atom. The quantitative estimate of drug-likeness (QED) is 0.194. The Morgan fingerprint density at radius 3 is 2.59 bits per heavy atom. The molecule has 0 bridgehead atoms. The number of aliphatic hydroxyl groups excluding tert-OH is 1. The van der Waals surface area contributed by atoms with Crippen molar-refractivity contribution in [2.75, 3.05) is 38.5 Å². The number of rotatable bonds is 12.